The largest absolute Gasteiger partial charge is 0.466 e. The first-order valence-electron chi connectivity index (χ1n) is 8.33. The Labute approximate surface area is 140 Å². The van der Waals surface area contributed by atoms with Gasteiger partial charge in [0.15, 0.2) is 0 Å². The predicted molar refractivity (Wildman–Crippen MR) is 90.3 cm³/mol. The van der Waals surface area contributed by atoms with Crippen molar-refractivity contribution in [1.29, 1.82) is 0 Å². The Morgan fingerprint density at radius 3 is 2.75 bits per heavy atom. The van der Waals surface area contributed by atoms with Gasteiger partial charge in [0, 0.05) is 23.9 Å². The van der Waals surface area contributed by atoms with Gasteiger partial charge in [-0.3, -0.25) is 9.59 Å². The van der Waals surface area contributed by atoms with Gasteiger partial charge >= 0.3 is 5.97 Å². The molecular weight excluding hydrogens is 311 g/mol. The average Bonchev–Trinajstić information content (AvgIpc) is 3.00. The van der Waals surface area contributed by atoms with Crippen molar-refractivity contribution in [2.75, 3.05) is 13.2 Å². The fraction of sp³-hybridized carbons (Fsp3) is 0.444. The summed E-state index contributed by atoms with van der Waals surface area (Å²) >= 11 is 0. The van der Waals surface area contributed by atoms with E-state index in [9.17, 15) is 14.0 Å². The molecule has 0 aliphatic rings. The summed E-state index contributed by atoms with van der Waals surface area (Å²) in [6, 6.07) is 6.23. The quantitative estimate of drug-likeness (QED) is 0.544. The molecule has 2 aromatic rings. The van der Waals surface area contributed by atoms with Crippen LogP contribution in [0.3, 0.4) is 0 Å². The summed E-state index contributed by atoms with van der Waals surface area (Å²) in [6.07, 6.45) is 3.94. The Kier molecular flexibility index (Phi) is 6.78. The molecule has 0 saturated heterocycles. The molecule has 24 heavy (non-hydrogen) atoms. The van der Waals surface area contributed by atoms with Gasteiger partial charge in [0.2, 0.25) is 0 Å². The maximum atomic E-state index is 13.6. The van der Waals surface area contributed by atoms with E-state index in [0.717, 1.165) is 25.7 Å². The van der Waals surface area contributed by atoms with Gasteiger partial charge in [0.25, 0.3) is 5.91 Å². The first-order valence-corrected chi connectivity index (χ1v) is 8.33. The summed E-state index contributed by atoms with van der Waals surface area (Å²) in [7, 11) is 0. The normalized spacial score (nSPS) is 10.8. The standard InChI is InChI=1S/C18H23FN2O3/c1-2-24-17(22)10-5-3-4-6-11-20-18(23)16-12-13-14(19)8-7-9-15(13)21-16/h7-9,12,21H,2-6,10-11H2,1H3,(H,20,23). The Morgan fingerprint density at radius 1 is 1.21 bits per heavy atom. The van der Waals surface area contributed by atoms with Gasteiger partial charge < -0.3 is 15.0 Å². The van der Waals surface area contributed by atoms with Crippen LogP contribution in [0.1, 0.15) is 49.5 Å². The van der Waals surface area contributed by atoms with E-state index >= 15 is 0 Å². The number of unbranched alkanes of at least 4 members (excludes halogenated alkanes) is 3. The van der Waals surface area contributed by atoms with Crippen molar-refractivity contribution in [1.82, 2.24) is 10.3 Å². The molecule has 0 atom stereocenters. The number of hydrogen-bond acceptors (Lipinski definition) is 3. The number of halogens is 1. The smallest absolute Gasteiger partial charge is 0.305 e. The Balaban J connectivity index is 1.66. The van der Waals surface area contributed by atoms with Crippen LogP contribution in [-0.4, -0.2) is 30.0 Å². The van der Waals surface area contributed by atoms with E-state index in [1.165, 1.54) is 12.1 Å². The van der Waals surface area contributed by atoms with Crippen molar-refractivity contribution >= 4 is 22.8 Å². The number of fused-ring (bicyclic) bond motifs is 1. The zero-order chi connectivity index (χ0) is 17.4. The molecule has 0 radical (unpaired) electrons. The van der Waals surface area contributed by atoms with Gasteiger partial charge in [-0.05, 0) is 38.0 Å². The number of ether oxygens (including phenoxy) is 1. The highest BCUT2D eigenvalue weighted by Gasteiger charge is 2.11. The van der Waals surface area contributed by atoms with Crippen molar-refractivity contribution in [3.8, 4) is 0 Å². The fourth-order valence-electron chi connectivity index (χ4n) is 2.52. The molecule has 1 aromatic carbocycles. The molecule has 6 heteroatoms. The van der Waals surface area contributed by atoms with E-state index in [0.29, 0.717) is 36.2 Å². The Bertz CT molecular complexity index is 697. The van der Waals surface area contributed by atoms with Crippen molar-refractivity contribution in [3.05, 3.63) is 35.8 Å². The predicted octanol–water partition coefficient (Wildman–Crippen LogP) is 3.55. The van der Waals surface area contributed by atoms with E-state index in [4.69, 9.17) is 4.74 Å². The lowest BCUT2D eigenvalue weighted by atomic mass is 10.1. The second-order valence-electron chi connectivity index (χ2n) is 5.61. The minimum Gasteiger partial charge on any atom is -0.466 e. The topological polar surface area (TPSA) is 71.2 Å². The second kappa shape index (κ2) is 9.05. The third kappa shape index (κ3) is 5.08. The lowest BCUT2D eigenvalue weighted by Crippen LogP contribution is -2.24. The number of esters is 1. The zero-order valence-electron chi connectivity index (χ0n) is 13.9. The number of carbonyl (C=O) groups excluding carboxylic acids is 2. The summed E-state index contributed by atoms with van der Waals surface area (Å²) in [4.78, 5) is 26.1. The van der Waals surface area contributed by atoms with E-state index in [2.05, 4.69) is 10.3 Å². The van der Waals surface area contributed by atoms with E-state index in [1.54, 1.807) is 19.1 Å². The van der Waals surface area contributed by atoms with Crippen LogP contribution in [0.5, 0.6) is 0 Å². The zero-order valence-corrected chi connectivity index (χ0v) is 13.9. The molecule has 0 saturated carbocycles. The maximum absolute atomic E-state index is 13.6. The molecule has 0 fully saturated rings. The molecule has 5 nitrogen and oxygen atoms in total. The number of amides is 1. The molecule has 2 N–H and O–H groups in total. The molecule has 1 aromatic heterocycles. The van der Waals surface area contributed by atoms with Crippen LogP contribution in [0.25, 0.3) is 10.9 Å². The third-order valence-electron chi connectivity index (χ3n) is 3.75. The molecule has 0 aliphatic carbocycles. The monoisotopic (exact) mass is 334 g/mol. The van der Waals surface area contributed by atoms with Gasteiger partial charge in [-0.2, -0.15) is 0 Å². The molecule has 1 amide bonds. The number of benzene rings is 1. The molecular formula is C18H23FN2O3. The van der Waals surface area contributed by atoms with Crippen LogP contribution in [-0.2, 0) is 9.53 Å². The summed E-state index contributed by atoms with van der Waals surface area (Å²) in [5.74, 6) is -0.738. The number of H-pyrrole nitrogens is 1. The van der Waals surface area contributed by atoms with Crippen LogP contribution < -0.4 is 5.32 Å². The van der Waals surface area contributed by atoms with Gasteiger partial charge in [-0.15, -0.1) is 0 Å². The minimum absolute atomic E-state index is 0.156. The summed E-state index contributed by atoms with van der Waals surface area (Å²) in [5, 5.41) is 3.23. The molecule has 1 heterocycles. The first kappa shape index (κ1) is 18.0. The first-order chi connectivity index (χ1) is 11.6. The number of rotatable bonds is 9. The second-order valence-corrected chi connectivity index (χ2v) is 5.61. The number of carbonyl (C=O) groups is 2. The third-order valence-corrected chi connectivity index (χ3v) is 3.75. The van der Waals surface area contributed by atoms with Gasteiger partial charge in [0.05, 0.1) is 6.61 Å². The van der Waals surface area contributed by atoms with Crippen LogP contribution in [0.4, 0.5) is 4.39 Å². The number of nitrogens with one attached hydrogen (secondary N) is 2. The molecule has 0 spiro atoms. The van der Waals surface area contributed by atoms with E-state index in [1.807, 2.05) is 0 Å². The SMILES string of the molecule is CCOC(=O)CCCCCCNC(=O)c1cc2c(F)cccc2[nH]1. The molecule has 0 aliphatic heterocycles. The Morgan fingerprint density at radius 2 is 2.00 bits per heavy atom. The fourth-order valence-corrected chi connectivity index (χ4v) is 2.52. The van der Waals surface area contributed by atoms with Crippen LogP contribution in [0.2, 0.25) is 0 Å². The summed E-state index contributed by atoms with van der Waals surface area (Å²) in [6.45, 7) is 2.76. The maximum Gasteiger partial charge on any atom is 0.305 e. The van der Waals surface area contributed by atoms with Gasteiger partial charge in [-0.25, -0.2) is 4.39 Å². The van der Waals surface area contributed by atoms with Crippen molar-refractivity contribution in [2.45, 2.75) is 39.0 Å². The number of aromatic amines is 1. The van der Waals surface area contributed by atoms with E-state index in [-0.39, 0.29) is 17.7 Å². The van der Waals surface area contributed by atoms with Crippen molar-refractivity contribution in [2.24, 2.45) is 0 Å². The highest BCUT2D eigenvalue weighted by Crippen LogP contribution is 2.18. The molecule has 130 valence electrons. The average molecular weight is 334 g/mol. The minimum atomic E-state index is -0.343. The van der Waals surface area contributed by atoms with Gasteiger partial charge in [0.1, 0.15) is 11.5 Å². The van der Waals surface area contributed by atoms with Crippen molar-refractivity contribution in [3.63, 3.8) is 0 Å². The van der Waals surface area contributed by atoms with Gasteiger partial charge in [-0.1, -0.05) is 18.9 Å². The van der Waals surface area contributed by atoms with Crippen LogP contribution in [0, 0.1) is 5.82 Å². The van der Waals surface area contributed by atoms with Crippen molar-refractivity contribution < 1.29 is 18.7 Å². The summed E-state index contributed by atoms with van der Waals surface area (Å²) in [5.41, 5.74) is 0.969. The number of hydrogen-bond donors (Lipinski definition) is 2. The van der Waals surface area contributed by atoms with Crippen LogP contribution >= 0.6 is 0 Å². The van der Waals surface area contributed by atoms with Crippen LogP contribution in [0.15, 0.2) is 24.3 Å². The molecule has 2 rings (SSSR count). The highest BCUT2D eigenvalue weighted by molar-refractivity contribution is 5.98. The summed E-state index contributed by atoms with van der Waals surface area (Å²) < 4.78 is 18.5. The lowest BCUT2D eigenvalue weighted by molar-refractivity contribution is -0.143. The lowest BCUT2D eigenvalue weighted by Gasteiger charge is -2.04. The highest BCUT2D eigenvalue weighted by atomic mass is 19.1. The molecule has 0 unspecified atom stereocenters. The number of aromatic nitrogens is 1. The Hall–Kier alpha value is -2.37. The molecule has 0 bridgehead atoms. The van der Waals surface area contributed by atoms with E-state index < -0.39 is 0 Å².